The minimum Gasteiger partial charge on any atom is -0.364 e. The van der Waals surface area contributed by atoms with Crippen LogP contribution in [-0.2, 0) is 24.4 Å². The molecule has 4 aliphatic heterocycles. The summed E-state index contributed by atoms with van der Waals surface area (Å²) < 4.78 is 17.8. The molecule has 6 bridgehead atoms. The lowest BCUT2D eigenvalue weighted by molar-refractivity contribution is -0.199. The highest BCUT2D eigenvalue weighted by atomic mass is 16.7. The van der Waals surface area contributed by atoms with E-state index in [0.29, 0.717) is 24.6 Å². The Kier molecular flexibility index (Phi) is 3.90. The SMILES string of the molecule is C=C[C@@]12CN3[C@@H]4[C@@H]3[C@@H]1[C@]1(C(=O)N(COC)c3ccccc31)[C@@H](OC(C)OCC)C[C@H]42. The Morgan fingerprint density at radius 1 is 1.33 bits per heavy atom. The summed E-state index contributed by atoms with van der Waals surface area (Å²) in [5.41, 5.74) is 1.30. The van der Waals surface area contributed by atoms with E-state index in [2.05, 4.69) is 23.6 Å². The molecule has 6 heteroatoms. The number of anilines is 1. The van der Waals surface area contributed by atoms with Gasteiger partial charge in [-0.25, -0.2) is 0 Å². The van der Waals surface area contributed by atoms with Gasteiger partial charge in [0.2, 0.25) is 5.91 Å². The number of benzene rings is 1. The van der Waals surface area contributed by atoms with E-state index >= 15 is 0 Å². The van der Waals surface area contributed by atoms with Gasteiger partial charge in [0.25, 0.3) is 0 Å². The van der Waals surface area contributed by atoms with Crippen LogP contribution in [0.4, 0.5) is 5.69 Å². The van der Waals surface area contributed by atoms with Crippen molar-refractivity contribution in [3.05, 3.63) is 42.5 Å². The molecule has 4 heterocycles. The summed E-state index contributed by atoms with van der Waals surface area (Å²) in [5.74, 6) is 0.801. The number of nitrogens with zero attached hydrogens (tertiary/aromatic N) is 2. The molecule has 2 unspecified atom stereocenters. The van der Waals surface area contributed by atoms with Gasteiger partial charge in [-0.2, -0.15) is 0 Å². The highest BCUT2D eigenvalue weighted by molar-refractivity contribution is 6.09. The summed E-state index contributed by atoms with van der Waals surface area (Å²) in [4.78, 5) is 18.7. The molecule has 9 atom stereocenters. The Labute approximate surface area is 177 Å². The third kappa shape index (κ3) is 1.93. The average Bonchev–Trinajstić information content (AvgIpc) is 2.97. The van der Waals surface area contributed by atoms with Gasteiger partial charge in [0, 0.05) is 43.7 Å². The van der Waals surface area contributed by atoms with E-state index in [9.17, 15) is 4.79 Å². The van der Waals surface area contributed by atoms with Gasteiger partial charge in [0.05, 0.1) is 11.8 Å². The van der Waals surface area contributed by atoms with Crippen LogP contribution >= 0.6 is 0 Å². The molecule has 6 aliphatic rings. The summed E-state index contributed by atoms with van der Waals surface area (Å²) in [5, 5.41) is 0. The van der Waals surface area contributed by atoms with Crippen LogP contribution in [-0.4, -0.2) is 62.3 Å². The fourth-order valence-corrected chi connectivity index (χ4v) is 7.84. The zero-order chi connectivity index (χ0) is 20.8. The monoisotopic (exact) mass is 410 g/mol. The third-order valence-corrected chi connectivity index (χ3v) is 8.61. The number of carbonyl (C=O) groups is 1. The smallest absolute Gasteiger partial charge is 0.242 e. The second-order valence-corrected chi connectivity index (χ2v) is 9.47. The van der Waals surface area contributed by atoms with E-state index in [1.165, 1.54) is 0 Å². The van der Waals surface area contributed by atoms with Crippen LogP contribution < -0.4 is 4.90 Å². The molecule has 1 spiro atoms. The largest absolute Gasteiger partial charge is 0.364 e. The summed E-state index contributed by atoms with van der Waals surface area (Å²) in [6.45, 7) is 10.1. The topological polar surface area (TPSA) is 51.0 Å². The number of hydrogen-bond acceptors (Lipinski definition) is 5. The standard InChI is InChI=1S/C24H30N2O4/c1-5-23-12-25-19-16(23)11-18(30-14(3)29-6-2)24(21(23)20(19)25)15-9-7-8-10-17(15)26(13-28-4)22(24)27/h5,7-10,14,16,18-21H,1,6,11-13H2,2-4H3/t14?,16-,18+,19+,20-,21+,23+,24-,25?/m1/s1. The number of carbonyl (C=O) groups excluding carboxylic acids is 1. The number of amides is 1. The molecule has 2 saturated carbocycles. The van der Waals surface area contributed by atoms with Crippen molar-refractivity contribution in [1.82, 2.24) is 4.90 Å². The molecule has 5 fully saturated rings. The highest BCUT2D eigenvalue weighted by Crippen LogP contribution is 2.78. The van der Waals surface area contributed by atoms with Gasteiger partial charge in [-0.05, 0) is 37.8 Å². The van der Waals surface area contributed by atoms with Crippen molar-refractivity contribution >= 4 is 11.6 Å². The molecule has 0 radical (unpaired) electrons. The molecule has 2 aliphatic carbocycles. The van der Waals surface area contributed by atoms with Gasteiger partial charge in [0.1, 0.15) is 12.1 Å². The number of hydrogen-bond donors (Lipinski definition) is 0. The van der Waals surface area contributed by atoms with E-state index in [0.717, 1.165) is 24.2 Å². The first-order chi connectivity index (χ1) is 14.6. The lowest BCUT2D eigenvalue weighted by Crippen LogP contribution is -2.62. The minimum absolute atomic E-state index is 0.0180. The summed E-state index contributed by atoms with van der Waals surface area (Å²) in [7, 11) is 1.64. The summed E-state index contributed by atoms with van der Waals surface area (Å²) in [6.07, 6.45) is 2.46. The predicted octanol–water partition coefficient (Wildman–Crippen LogP) is 2.53. The van der Waals surface area contributed by atoms with Crippen molar-refractivity contribution in [3.8, 4) is 0 Å². The molecular weight excluding hydrogens is 380 g/mol. The van der Waals surface area contributed by atoms with Gasteiger partial charge in [-0.15, -0.1) is 6.58 Å². The number of methoxy groups -OCH3 is 1. The molecule has 3 saturated heterocycles. The van der Waals surface area contributed by atoms with E-state index in [4.69, 9.17) is 14.2 Å². The van der Waals surface area contributed by atoms with E-state index in [-0.39, 0.29) is 36.4 Å². The van der Waals surface area contributed by atoms with Crippen LogP contribution in [0.3, 0.4) is 0 Å². The zero-order valence-electron chi connectivity index (χ0n) is 17.9. The van der Waals surface area contributed by atoms with Crippen molar-refractivity contribution in [1.29, 1.82) is 0 Å². The maximum absolute atomic E-state index is 14.3. The second-order valence-electron chi connectivity index (χ2n) is 9.47. The number of piperidine rings is 3. The second kappa shape index (κ2) is 6.16. The Hall–Kier alpha value is -1.73. The number of rotatable bonds is 7. The molecule has 160 valence electrons. The van der Waals surface area contributed by atoms with Crippen molar-refractivity contribution in [3.63, 3.8) is 0 Å². The van der Waals surface area contributed by atoms with Crippen LogP contribution in [0.1, 0.15) is 25.8 Å². The highest BCUT2D eigenvalue weighted by Gasteiger charge is 2.87. The third-order valence-electron chi connectivity index (χ3n) is 8.61. The first-order valence-corrected chi connectivity index (χ1v) is 11.1. The number of ether oxygens (including phenoxy) is 3. The summed E-state index contributed by atoms with van der Waals surface area (Å²) >= 11 is 0. The van der Waals surface area contributed by atoms with Gasteiger partial charge in [0.15, 0.2) is 6.29 Å². The Balaban J connectivity index is 1.55. The van der Waals surface area contributed by atoms with Gasteiger partial charge in [-0.1, -0.05) is 24.3 Å². The average molecular weight is 411 g/mol. The van der Waals surface area contributed by atoms with E-state index in [1.54, 1.807) is 7.11 Å². The van der Waals surface area contributed by atoms with Crippen LogP contribution in [0.5, 0.6) is 0 Å². The van der Waals surface area contributed by atoms with Crippen LogP contribution in [0.25, 0.3) is 0 Å². The lowest BCUT2D eigenvalue weighted by atomic mass is 9.52. The quantitative estimate of drug-likeness (QED) is 0.393. The molecule has 1 aromatic rings. The normalized spacial score (nSPS) is 45.2. The fraction of sp³-hybridized carbons (Fsp3) is 0.625. The van der Waals surface area contributed by atoms with Crippen molar-refractivity contribution in [2.75, 3.05) is 31.9 Å². The van der Waals surface area contributed by atoms with E-state index < -0.39 is 5.41 Å². The van der Waals surface area contributed by atoms with Crippen LogP contribution in [0, 0.1) is 17.3 Å². The molecular formula is C24H30N2O4. The molecule has 0 aromatic heterocycles. The summed E-state index contributed by atoms with van der Waals surface area (Å²) in [6, 6.07) is 9.23. The Bertz CT molecular complexity index is 920. The maximum atomic E-state index is 14.3. The Morgan fingerprint density at radius 2 is 2.13 bits per heavy atom. The van der Waals surface area contributed by atoms with E-state index in [1.807, 2.05) is 36.9 Å². The number of para-hydroxylation sites is 1. The lowest BCUT2D eigenvalue weighted by Gasteiger charge is -2.52. The number of fused-ring (bicyclic) bond motifs is 2. The zero-order valence-corrected chi connectivity index (χ0v) is 17.9. The molecule has 30 heavy (non-hydrogen) atoms. The predicted molar refractivity (Wildman–Crippen MR) is 112 cm³/mol. The van der Waals surface area contributed by atoms with Crippen molar-refractivity contribution in [2.45, 2.75) is 50.2 Å². The molecule has 6 nitrogen and oxygen atoms in total. The van der Waals surface area contributed by atoms with Gasteiger partial charge < -0.3 is 14.2 Å². The molecule has 1 aromatic carbocycles. The van der Waals surface area contributed by atoms with Gasteiger partial charge >= 0.3 is 0 Å². The fourth-order valence-electron chi connectivity index (χ4n) is 7.84. The Morgan fingerprint density at radius 3 is 2.87 bits per heavy atom. The van der Waals surface area contributed by atoms with Crippen LogP contribution in [0.2, 0.25) is 0 Å². The van der Waals surface area contributed by atoms with Crippen molar-refractivity contribution in [2.24, 2.45) is 17.3 Å². The maximum Gasteiger partial charge on any atom is 0.242 e. The van der Waals surface area contributed by atoms with Gasteiger partial charge in [-0.3, -0.25) is 14.6 Å². The first kappa shape index (κ1) is 19.0. The molecule has 0 N–H and O–H groups in total. The first-order valence-electron chi connectivity index (χ1n) is 11.1. The molecule has 7 rings (SSSR count). The minimum atomic E-state index is -0.726. The molecule has 1 amide bonds. The van der Waals surface area contributed by atoms with Crippen molar-refractivity contribution < 1.29 is 19.0 Å². The van der Waals surface area contributed by atoms with Crippen LogP contribution in [0.15, 0.2) is 36.9 Å².